The van der Waals surface area contributed by atoms with Crippen molar-refractivity contribution in [3.05, 3.63) is 0 Å². The first-order chi connectivity index (χ1) is 6.70. The number of hydrogen-bond acceptors (Lipinski definition) is 5. The van der Waals surface area contributed by atoms with Crippen molar-refractivity contribution in [1.29, 1.82) is 0 Å². The maximum atomic E-state index is 10.9. The van der Waals surface area contributed by atoms with Crippen LogP contribution in [0.1, 0.15) is 20.3 Å². The van der Waals surface area contributed by atoms with Crippen LogP contribution in [0.2, 0.25) is 0 Å². The molecule has 84 valence electrons. The van der Waals surface area contributed by atoms with E-state index >= 15 is 0 Å². The molecule has 0 aromatic heterocycles. The molecule has 2 N–H and O–H groups in total. The Kier molecular flexibility index (Phi) is 8.51. The monoisotopic (exact) mass is 205 g/mol. The van der Waals surface area contributed by atoms with Gasteiger partial charge in [0.05, 0.1) is 13.0 Å². The van der Waals surface area contributed by atoms with Gasteiger partial charge in [0.2, 0.25) is 0 Å². The number of carbonyl (C=O) groups is 1. The Bertz CT molecular complexity index is 152. The van der Waals surface area contributed by atoms with Crippen molar-refractivity contribution in [3.63, 3.8) is 0 Å². The average Bonchev–Trinajstić information content (AvgIpc) is 2.13. The lowest BCUT2D eigenvalue weighted by atomic mass is 10.4. The average molecular weight is 205 g/mol. The van der Waals surface area contributed by atoms with Gasteiger partial charge in [-0.1, -0.05) is 0 Å². The number of aliphatic hydroxyl groups is 1. The zero-order valence-corrected chi connectivity index (χ0v) is 8.78. The number of carbonyl (C=O) groups excluding carboxylic acids is 1. The van der Waals surface area contributed by atoms with Crippen LogP contribution in [0.3, 0.4) is 0 Å². The van der Waals surface area contributed by atoms with Crippen molar-refractivity contribution < 1.29 is 19.4 Å². The lowest BCUT2D eigenvalue weighted by Crippen LogP contribution is -2.30. The summed E-state index contributed by atoms with van der Waals surface area (Å²) in [5.41, 5.74) is 0. The van der Waals surface area contributed by atoms with Gasteiger partial charge in [0.25, 0.3) is 0 Å². The second kappa shape index (κ2) is 8.93. The van der Waals surface area contributed by atoms with Crippen LogP contribution in [0.15, 0.2) is 0 Å². The summed E-state index contributed by atoms with van der Waals surface area (Å²) in [6.07, 6.45) is -0.491. The highest BCUT2D eigenvalue weighted by Crippen LogP contribution is 1.86. The molecule has 0 rings (SSSR count). The summed E-state index contributed by atoms with van der Waals surface area (Å²) in [5, 5.41) is 12.0. The molecule has 0 aliphatic rings. The molecule has 0 fully saturated rings. The van der Waals surface area contributed by atoms with E-state index in [1.165, 1.54) is 0 Å². The zero-order valence-electron chi connectivity index (χ0n) is 8.78. The van der Waals surface area contributed by atoms with Crippen molar-refractivity contribution in [2.24, 2.45) is 0 Å². The molecule has 0 aliphatic heterocycles. The standard InChI is InChI=1S/C9H19NO4/c1-3-13-8(11)5-6-10-7-9(12)14-4-2/h9-10,12H,3-7H2,1-2H3. The molecule has 0 saturated heterocycles. The minimum Gasteiger partial charge on any atom is -0.466 e. The molecule has 0 radical (unpaired) electrons. The third-order valence-corrected chi connectivity index (χ3v) is 1.49. The molecule has 1 unspecified atom stereocenters. The predicted molar refractivity (Wildman–Crippen MR) is 51.8 cm³/mol. The summed E-state index contributed by atoms with van der Waals surface area (Å²) < 4.78 is 9.60. The van der Waals surface area contributed by atoms with Gasteiger partial charge in [-0.2, -0.15) is 0 Å². The molecule has 1 atom stereocenters. The van der Waals surface area contributed by atoms with Crippen LogP contribution in [-0.4, -0.2) is 43.7 Å². The van der Waals surface area contributed by atoms with E-state index in [1.807, 2.05) is 6.92 Å². The molecule has 0 aromatic rings. The smallest absolute Gasteiger partial charge is 0.307 e. The van der Waals surface area contributed by atoms with Crippen molar-refractivity contribution in [3.8, 4) is 0 Å². The van der Waals surface area contributed by atoms with Crippen LogP contribution in [-0.2, 0) is 14.3 Å². The number of aliphatic hydroxyl groups excluding tert-OH is 1. The SMILES string of the molecule is CCOC(=O)CCNCC(O)OCC. The van der Waals surface area contributed by atoms with Gasteiger partial charge in [0.1, 0.15) is 0 Å². The highest BCUT2D eigenvalue weighted by atomic mass is 16.6. The van der Waals surface area contributed by atoms with Gasteiger partial charge in [-0.3, -0.25) is 4.79 Å². The lowest BCUT2D eigenvalue weighted by Gasteiger charge is -2.10. The molecular weight excluding hydrogens is 186 g/mol. The van der Waals surface area contributed by atoms with E-state index in [0.717, 1.165) is 0 Å². The van der Waals surface area contributed by atoms with Crippen LogP contribution in [0.5, 0.6) is 0 Å². The predicted octanol–water partition coefficient (Wildman–Crippen LogP) is -0.116. The third-order valence-electron chi connectivity index (χ3n) is 1.49. The summed E-state index contributed by atoms with van der Waals surface area (Å²) in [7, 11) is 0. The van der Waals surface area contributed by atoms with Crippen LogP contribution < -0.4 is 5.32 Å². The molecule has 14 heavy (non-hydrogen) atoms. The third kappa shape index (κ3) is 7.97. The second-order valence-corrected chi connectivity index (χ2v) is 2.67. The molecule has 0 amide bonds. The van der Waals surface area contributed by atoms with Crippen LogP contribution >= 0.6 is 0 Å². The van der Waals surface area contributed by atoms with Crippen molar-refractivity contribution in [2.45, 2.75) is 26.6 Å². The minimum atomic E-state index is -0.804. The number of hydrogen-bond donors (Lipinski definition) is 2. The van der Waals surface area contributed by atoms with E-state index in [-0.39, 0.29) is 5.97 Å². The highest BCUT2D eigenvalue weighted by molar-refractivity contribution is 5.69. The molecule has 0 aliphatic carbocycles. The lowest BCUT2D eigenvalue weighted by molar-refractivity contribution is -0.143. The Balaban J connectivity index is 3.24. The van der Waals surface area contributed by atoms with Gasteiger partial charge in [0.15, 0.2) is 6.29 Å². The van der Waals surface area contributed by atoms with E-state index in [2.05, 4.69) is 5.32 Å². The molecule has 0 spiro atoms. The fourth-order valence-electron chi connectivity index (χ4n) is 0.900. The first kappa shape index (κ1) is 13.4. The van der Waals surface area contributed by atoms with Crippen LogP contribution in [0.4, 0.5) is 0 Å². The Labute approximate surface area is 84.4 Å². The summed E-state index contributed by atoms with van der Waals surface area (Å²) >= 11 is 0. The maximum Gasteiger partial charge on any atom is 0.307 e. The normalized spacial score (nSPS) is 12.5. The van der Waals surface area contributed by atoms with E-state index in [0.29, 0.717) is 32.7 Å². The number of nitrogens with one attached hydrogen (secondary N) is 1. The summed E-state index contributed by atoms with van der Waals surface area (Å²) in [6.45, 7) is 5.27. The highest BCUT2D eigenvalue weighted by Gasteiger charge is 2.03. The van der Waals surface area contributed by atoms with Crippen LogP contribution in [0, 0.1) is 0 Å². The first-order valence-electron chi connectivity index (χ1n) is 4.86. The fraction of sp³-hybridized carbons (Fsp3) is 0.889. The zero-order chi connectivity index (χ0) is 10.8. The quantitative estimate of drug-likeness (QED) is 0.328. The van der Waals surface area contributed by atoms with Crippen molar-refractivity contribution in [2.75, 3.05) is 26.3 Å². The molecular formula is C9H19NO4. The van der Waals surface area contributed by atoms with Crippen molar-refractivity contribution in [1.82, 2.24) is 5.32 Å². The number of rotatable bonds is 8. The van der Waals surface area contributed by atoms with Gasteiger partial charge in [-0.25, -0.2) is 0 Å². The molecule has 5 nitrogen and oxygen atoms in total. The fourth-order valence-corrected chi connectivity index (χ4v) is 0.900. The maximum absolute atomic E-state index is 10.9. The van der Waals surface area contributed by atoms with E-state index in [1.54, 1.807) is 6.92 Å². The first-order valence-corrected chi connectivity index (χ1v) is 4.86. The second-order valence-electron chi connectivity index (χ2n) is 2.67. The van der Waals surface area contributed by atoms with E-state index in [9.17, 15) is 4.79 Å². The Morgan fingerprint density at radius 3 is 2.71 bits per heavy atom. The minimum absolute atomic E-state index is 0.231. The summed E-state index contributed by atoms with van der Waals surface area (Å²) in [5.74, 6) is -0.231. The van der Waals surface area contributed by atoms with E-state index < -0.39 is 6.29 Å². The topological polar surface area (TPSA) is 67.8 Å². The number of esters is 1. The molecule has 0 bridgehead atoms. The van der Waals surface area contributed by atoms with Gasteiger partial charge >= 0.3 is 5.97 Å². The van der Waals surface area contributed by atoms with Gasteiger partial charge in [0, 0.05) is 19.7 Å². The Morgan fingerprint density at radius 1 is 1.43 bits per heavy atom. The largest absolute Gasteiger partial charge is 0.466 e. The molecule has 0 heterocycles. The van der Waals surface area contributed by atoms with Gasteiger partial charge < -0.3 is 19.9 Å². The summed E-state index contributed by atoms with van der Waals surface area (Å²) in [4.78, 5) is 10.9. The number of ether oxygens (including phenoxy) is 2. The molecule has 5 heteroatoms. The van der Waals surface area contributed by atoms with Gasteiger partial charge in [-0.05, 0) is 13.8 Å². The van der Waals surface area contributed by atoms with E-state index in [4.69, 9.17) is 14.6 Å². The summed E-state index contributed by atoms with van der Waals surface area (Å²) in [6, 6.07) is 0. The van der Waals surface area contributed by atoms with Crippen molar-refractivity contribution >= 4 is 5.97 Å². The Hall–Kier alpha value is -0.650. The van der Waals surface area contributed by atoms with Gasteiger partial charge in [-0.15, -0.1) is 0 Å². The Morgan fingerprint density at radius 2 is 2.14 bits per heavy atom. The molecule has 0 saturated carbocycles. The molecule has 0 aromatic carbocycles. The van der Waals surface area contributed by atoms with Crippen LogP contribution in [0.25, 0.3) is 0 Å².